The summed E-state index contributed by atoms with van der Waals surface area (Å²) in [7, 11) is 0. The summed E-state index contributed by atoms with van der Waals surface area (Å²) in [6, 6.07) is 0. The summed E-state index contributed by atoms with van der Waals surface area (Å²) in [5, 5.41) is 10.4. The molecule has 0 spiro atoms. The van der Waals surface area contributed by atoms with Gasteiger partial charge in [-0.1, -0.05) is 6.92 Å². The van der Waals surface area contributed by atoms with Crippen LogP contribution in [0.1, 0.15) is 6.92 Å². The molecular formula is C4H7N4S. The first kappa shape index (κ1) is 6.54. The molecule has 0 amide bonds. The Bertz CT molecular complexity index is 150. The van der Waals surface area contributed by atoms with Crippen LogP contribution in [0.25, 0.3) is 0 Å². The average molecular weight is 143 g/mol. The van der Waals surface area contributed by atoms with Crippen LogP contribution in [0.2, 0.25) is 0 Å². The smallest absolute Gasteiger partial charge is 0.213 e. The molecule has 0 aliphatic heterocycles. The Labute approximate surface area is 57.6 Å². The monoisotopic (exact) mass is 143 g/mol. The molecule has 0 unspecified atom stereocenters. The van der Waals surface area contributed by atoms with Crippen molar-refractivity contribution in [1.29, 1.82) is 0 Å². The van der Waals surface area contributed by atoms with E-state index >= 15 is 0 Å². The lowest BCUT2D eigenvalue weighted by Gasteiger charge is -1.92. The maximum Gasteiger partial charge on any atom is 0.222 e. The Morgan fingerprint density at radius 3 is 3.11 bits per heavy atom. The van der Waals surface area contributed by atoms with E-state index in [2.05, 4.69) is 28.8 Å². The number of tetrazole rings is 1. The van der Waals surface area contributed by atoms with Gasteiger partial charge in [0.1, 0.15) is 0 Å². The zero-order valence-electron chi connectivity index (χ0n) is 5.11. The van der Waals surface area contributed by atoms with Crippen LogP contribution in [0, 0.1) is 6.33 Å². The highest BCUT2D eigenvalue weighted by Crippen LogP contribution is 1.99. The van der Waals surface area contributed by atoms with Gasteiger partial charge in [0, 0.05) is 0 Å². The van der Waals surface area contributed by atoms with E-state index in [1.54, 1.807) is 16.4 Å². The van der Waals surface area contributed by atoms with Crippen LogP contribution in [-0.4, -0.2) is 26.0 Å². The zero-order chi connectivity index (χ0) is 6.53. The summed E-state index contributed by atoms with van der Waals surface area (Å²) < 4.78 is 1.58. The minimum absolute atomic E-state index is 0.795. The quantitative estimate of drug-likeness (QED) is 0.605. The predicted octanol–water partition coefficient (Wildman–Crippen LogP) is 0.184. The van der Waals surface area contributed by atoms with Gasteiger partial charge < -0.3 is 0 Å². The second-order valence-electron chi connectivity index (χ2n) is 1.40. The lowest BCUT2D eigenvalue weighted by molar-refractivity contribution is 0.695. The predicted molar refractivity (Wildman–Crippen MR) is 34.8 cm³/mol. The number of aromatic nitrogens is 4. The van der Waals surface area contributed by atoms with Crippen LogP contribution in [0.5, 0.6) is 0 Å². The second-order valence-corrected chi connectivity index (χ2v) is 2.64. The van der Waals surface area contributed by atoms with Gasteiger partial charge in [-0.15, -0.1) is 16.9 Å². The van der Waals surface area contributed by atoms with Crippen molar-refractivity contribution in [2.45, 2.75) is 12.8 Å². The van der Waals surface area contributed by atoms with Crippen molar-refractivity contribution in [3.8, 4) is 0 Å². The molecule has 0 fully saturated rings. The van der Waals surface area contributed by atoms with Gasteiger partial charge in [-0.2, -0.15) is 0 Å². The molecule has 0 saturated carbocycles. The third-order valence-electron chi connectivity index (χ3n) is 0.771. The highest BCUT2D eigenvalue weighted by molar-refractivity contribution is 7.98. The number of thioether (sulfide) groups is 1. The molecular weight excluding hydrogens is 136 g/mol. The Morgan fingerprint density at radius 1 is 1.67 bits per heavy atom. The minimum atomic E-state index is 0.795. The van der Waals surface area contributed by atoms with Gasteiger partial charge in [0.25, 0.3) is 0 Å². The molecule has 4 nitrogen and oxygen atoms in total. The van der Waals surface area contributed by atoms with Crippen LogP contribution in [0.15, 0.2) is 0 Å². The van der Waals surface area contributed by atoms with E-state index in [-0.39, 0.29) is 0 Å². The Kier molecular flexibility index (Phi) is 2.50. The van der Waals surface area contributed by atoms with Crippen molar-refractivity contribution >= 4 is 11.8 Å². The number of hydrogen-bond acceptors (Lipinski definition) is 4. The van der Waals surface area contributed by atoms with Crippen LogP contribution in [0.3, 0.4) is 0 Å². The first-order valence-corrected chi connectivity index (χ1v) is 3.80. The summed E-state index contributed by atoms with van der Waals surface area (Å²) in [5.41, 5.74) is 0. The van der Waals surface area contributed by atoms with Gasteiger partial charge in [0.05, 0.1) is 5.88 Å². The lowest BCUT2D eigenvalue weighted by atomic mass is 11.0. The third-order valence-corrected chi connectivity index (χ3v) is 1.61. The van der Waals surface area contributed by atoms with Crippen molar-refractivity contribution in [2.24, 2.45) is 0 Å². The normalized spacial score (nSPS) is 9.89. The highest BCUT2D eigenvalue weighted by Gasteiger charge is 1.89. The van der Waals surface area contributed by atoms with Crippen LogP contribution >= 0.6 is 11.8 Å². The Morgan fingerprint density at radius 2 is 2.56 bits per heavy atom. The molecule has 9 heavy (non-hydrogen) atoms. The van der Waals surface area contributed by atoms with E-state index in [4.69, 9.17) is 0 Å². The SMILES string of the molecule is CCSCn1[c]nnn1. The van der Waals surface area contributed by atoms with Crippen LogP contribution < -0.4 is 0 Å². The molecule has 0 aliphatic carbocycles. The highest BCUT2D eigenvalue weighted by atomic mass is 32.2. The molecule has 0 aromatic carbocycles. The van der Waals surface area contributed by atoms with Gasteiger partial charge in [-0.25, -0.2) is 4.68 Å². The van der Waals surface area contributed by atoms with E-state index in [9.17, 15) is 0 Å². The van der Waals surface area contributed by atoms with Crippen LogP contribution in [-0.2, 0) is 5.88 Å². The molecule has 0 aliphatic rings. The summed E-state index contributed by atoms with van der Waals surface area (Å²) in [6.07, 6.45) is 2.60. The van der Waals surface area contributed by atoms with Crippen molar-refractivity contribution < 1.29 is 0 Å². The summed E-state index contributed by atoms with van der Waals surface area (Å²) in [5.74, 6) is 1.87. The van der Waals surface area contributed by atoms with Crippen LogP contribution in [0.4, 0.5) is 0 Å². The van der Waals surface area contributed by atoms with Crippen molar-refractivity contribution in [3.63, 3.8) is 0 Å². The second kappa shape index (κ2) is 3.45. The molecule has 0 saturated heterocycles. The fraction of sp³-hybridized carbons (Fsp3) is 0.750. The summed E-state index contributed by atoms with van der Waals surface area (Å²) in [6.45, 7) is 2.09. The van der Waals surface area contributed by atoms with Gasteiger partial charge in [-0.05, 0) is 16.2 Å². The maximum absolute atomic E-state index is 3.63. The number of hydrogen-bond donors (Lipinski definition) is 0. The van der Waals surface area contributed by atoms with Crippen molar-refractivity contribution in [1.82, 2.24) is 20.2 Å². The van der Waals surface area contributed by atoms with E-state index < -0.39 is 0 Å². The molecule has 0 N–H and O–H groups in total. The van der Waals surface area contributed by atoms with Gasteiger partial charge in [0.15, 0.2) is 0 Å². The first-order chi connectivity index (χ1) is 4.43. The largest absolute Gasteiger partial charge is 0.222 e. The van der Waals surface area contributed by atoms with E-state index in [1.807, 2.05) is 0 Å². The summed E-state index contributed by atoms with van der Waals surface area (Å²) >= 11 is 1.76. The van der Waals surface area contributed by atoms with E-state index in [0.29, 0.717) is 0 Å². The molecule has 0 atom stereocenters. The number of nitrogens with zero attached hydrogens (tertiary/aromatic N) is 4. The van der Waals surface area contributed by atoms with Gasteiger partial charge >= 0.3 is 0 Å². The Hall–Kier alpha value is -0.580. The molecule has 1 rings (SSSR count). The standard InChI is InChI=1S/C4H7N4S/c1-2-9-4-8-3-5-6-7-8/h2,4H2,1H3. The fourth-order valence-corrected chi connectivity index (χ4v) is 0.857. The molecule has 49 valence electrons. The molecule has 1 aromatic heterocycles. The molecule has 1 radical (unpaired) electrons. The summed E-state index contributed by atoms with van der Waals surface area (Å²) in [4.78, 5) is 0. The maximum atomic E-state index is 3.63. The minimum Gasteiger partial charge on any atom is -0.213 e. The van der Waals surface area contributed by atoms with Crippen molar-refractivity contribution in [2.75, 3.05) is 5.75 Å². The van der Waals surface area contributed by atoms with E-state index in [1.165, 1.54) is 0 Å². The third kappa shape index (κ3) is 2.01. The fourth-order valence-electron chi connectivity index (χ4n) is 0.392. The first-order valence-electron chi connectivity index (χ1n) is 2.65. The van der Waals surface area contributed by atoms with Gasteiger partial charge in [0.2, 0.25) is 6.33 Å². The number of rotatable bonds is 3. The lowest BCUT2D eigenvalue weighted by Crippen LogP contribution is -1.95. The van der Waals surface area contributed by atoms with E-state index in [0.717, 1.165) is 11.6 Å². The van der Waals surface area contributed by atoms with Crippen molar-refractivity contribution in [3.05, 3.63) is 6.33 Å². The molecule has 0 bridgehead atoms. The van der Waals surface area contributed by atoms with Gasteiger partial charge in [-0.3, -0.25) is 0 Å². The average Bonchev–Trinajstić information content (AvgIpc) is 2.34. The Balaban J connectivity index is 2.30. The molecule has 5 heteroatoms. The molecule has 1 heterocycles. The topological polar surface area (TPSA) is 43.6 Å². The molecule has 1 aromatic rings. The zero-order valence-corrected chi connectivity index (χ0v) is 5.93.